The van der Waals surface area contributed by atoms with Crippen LogP contribution in [0.2, 0.25) is 0 Å². The quantitative estimate of drug-likeness (QED) is 0.260. The highest BCUT2D eigenvalue weighted by molar-refractivity contribution is 5.91. The van der Waals surface area contributed by atoms with E-state index in [1.54, 1.807) is 31.3 Å². The fourth-order valence-corrected chi connectivity index (χ4v) is 2.82. The summed E-state index contributed by atoms with van der Waals surface area (Å²) in [4.78, 5) is 35.4. The molecule has 0 spiro atoms. The Morgan fingerprint density at radius 2 is 1.93 bits per heavy atom. The Morgan fingerprint density at radius 1 is 1.30 bits per heavy atom. The minimum Gasteiger partial charge on any atom is -0.466 e. The number of esters is 1. The van der Waals surface area contributed by atoms with E-state index in [1.165, 1.54) is 12.0 Å². The second-order valence-corrected chi connectivity index (χ2v) is 6.49. The van der Waals surface area contributed by atoms with E-state index >= 15 is 0 Å². The topological polar surface area (TPSA) is 125 Å². The molecule has 1 aromatic carbocycles. The molecule has 0 radical (unpaired) electrons. The number of halogens is 1. The van der Waals surface area contributed by atoms with Crippen molar-refractivity contribution < 1.29 is 28.4 Å². The van der Waals surface area contributed by atoms with Crippen LogP contribution < -0.4 is 5.73 Å². The van der Waals surface area contributed by atoms with Crippen LogP contribution in [0, 0.1) is 27.9 Å². The molecule has 0 fully saturated rings. The maximum atomic E-state index is 13.9. The molecule has 1 amide bonds. The number of hydrogen-bond acceptors (Lipinski definition) is 7. The van der Waals surface area contributed by atoms with Gasteiger partial charge in [0, 0.05) is 30.2 Å². The summed E-state index contributed by atoms with van der Waals surface area (Å²) in [5.41, 5.74) is 4.28. The molecule has 9 nitrogen and oxygen atoms in total. The number of amides is 1. The maximum absolute atomic E-state index is 13.9. The minimum atomic E-state index is -2.43. The second-order valence-electron chi connectivity index (χ2n) is 6.49. The van der Waals surface area contributed by atoms with Gasteiger partial charge < -0.3 is 14.4 Å². The molecule has 30 heavy (non-hydrogen) atoms. The van der Waals surface area contributed by atoms with Crippen molar-refractivity contribution in [1.82, 2.24) is 4.90 Å². The van der Waals surface area contributed by atoms with Gasteiger partial charge in [-0.15, -0.1) is 0 Å². The van der Waals surface area contributed by atoms with Crippen molar-refractivity contribution in [3.05, 3.63) is 69.1 Å². The van der Waals surface area contributed by atoms with Crippen LogP contribution in [0.1, 0.15) is 11.1 Å². The van der Waals surface area contributed by atoms with E-state index in [0.717, 1.165) is 18.7 Å². The SMILES string of the molecule is COC(=O)C1=CC(F)=CC(N)([N+](=O)[O-])C1C#Cc1ccc(CN(C)C(=O)OC)cc1. The fraction of sp³-hybridized carbons (Fsp3) is 0.300. The molecule has 0 saturated carbocycles. The zero-order valence-electron chi connectivity index (χ0n) is 16.5. The number of nitrogens with two attached hydrogens (primary N) is 1. The van der Waals surface area contributed by atoms with E-state index < -0.39 is 34.4 Å². The monoisotopic (exact) mass is 417 g/mol. The van der Waals surface area contributed by atoms with Gasteiger partial charge in [0.15, 0.2) is 0 Å². The number of rotatable bonds is 4. The number of ether oxygens (including phenoxy) is 2. The van der Waals surface area contributed by atoms with Crippen molar-refractivity contribution in [2.24, 2.45) is 11.7 Å². The Bertz CT molecular complexity index is 976. The molecule has 0 aromatic heterocycles. The number of benzene rings is 1. The van der Waals surface area contributed by atoms with Gasteiger partial charge in [-0.25, -0.2) is 14.0 Å². The molecule has 0 saturated heterocycles. The Hall–Kier alpha value is -3.71. The predicted octanol–water partition coefficient (Wildman–Crippen LogP) is 1.75. The lowest BCUT2D eigenvalue weighted by atomic mass is 9.82. The Morgan fingerprint density at radius 3 is 2.47 bits per heavy atom. The first-order valence-corrected chi connectivity index (χ1v) is 8.63. The third-order valence-electron chi connectivity index (χ3n) is 4.39. The summed E-state index contributed by atoms with van der Waals surface area (Å²) >= 11 is 0. The summed E-state index contributed by atoms with van der Waals surface area (Å²) < 4.78 is 23.1. The summed E-state index contributed by atoms with van der Waals surface area (Å²) in [6.45, 7) is 0.301. The van der Waals surface area contributed by atoms with Crippen LogP contribution in [0.4, 0.5) is 9.18 Å². The molecule has 0 aliphatic heterocycles. The number of carbonyl (C=O) groups is 2. The third kappa shape index (κ3) is 4.82. The average Bonchev–Trinajstić information content (AvgIpc) is 2.72. The van der Waals surface area contributed by atoms with E-state index in [0.29, 0.717) is 18.2 Å². The van der Waals surface area contributed by atoms with Crippen molar-refractivity contribution in [2.45, 2.75) is 12.2 Å². The first kappa shape index (κ1) is 22.6. The molecular formula is C20H20FN3O6. The Kier molecular flexibility index (Phi) is 6.92. The molecule has 1 aromatic rings. The highest BCUT2D eigenvalue weighted by atomic mass is 19.1. The van der Waals surface area contributed by atoms with Gasteiger partial charge in [0.25, 0.3) is 0 Å². The van der Waals surface area contributed by atoms with Gasteiger partial charge >= 0.3 is 17.7 Å². The Balaban J connectivity index is 2.33. The highest BCUT2D eigenvalue weighted by Crippen LogP contribution is 2.32. The first-order chi connectivity index (χ1) is 14.1. The summed E-state index contributed by atoms with van der Waals surface area (Å²) in [6, 6.07) is 6.70. The molecule has 2 unspecified atom stereocenters. The van der Waals surface area contributed by atoms with Crippen LogP contribution in [0.3, 0.4) is 0 Å². The molecule has 2 atom stereocenters. The molecule has 0 bridgehead atoms. The van der Waals surface area contributed by atoms with Gasteiger partial charge in [0.2, 0.25) is 0 Å². The smallest absolute Gasteiger partial charge is 0.409 e. The lowest BCUT2D eigenvalue weighted by Crippen LogP contribution is -2.54. The normalized spacial score (nSPS) is 20.1. The van der Waals surface area contributed by atoms with Crippen LogP contribution in [0.25, 0.3) is 0 Å². The molecule has 10 heteroatoms. The zero-order chi connectivity index (χ0) is 22.5. The van der Waals surface area contributed by atoms with Crippen molar-refractivity contribution in [3.8, 4) is 11.8 Å². The molecule has 158 valence electrons. The molecule has 1 aliphatic carbocycles. The van der Waals surface area contributed by atoms with Crippen LogP contribution in [-0.2, 0) is 20.8 Å². The van der Waals surface area contributed by atoms with Gasteiger partial charge in [0.1, 0.15) is 11.7 Å². The zero-order valence-corrected chi connectivity index (χ0v) is 16.5. The highest BCUT2D eigenvalue weighted by Gasteiger charge is 2.51. The van der Waals surface area contributed by atoms with Gasteiger partial charge in [0.05, 0.1) is 19.8 Å². The van der Waals surface area contributed by atoms with E-state index in [9.17, 15) is 24.1 Å². The second kappa shape index (κ2) is 9.19. The Labute approximate surface area is 172 Å². The van der Waals surface area contributed by atoms with E-state index in [4.69, 9.17) is 5.73 Å². The number of allylic oxidation sites excluding steroid dienone is 2. The first-order valence-electron chi connectivity index (χ1n) is 8.63. The average molecular weight is 417 g/mol. The van der Waals surface area contributed by atoms with E-state index in [2.05, 4.69) is 21.3 Å². The number of nitrogens with zero attached hydrogens (tertiary/aromatic N) is 2. The van der Waals surface area contributed by atoms with Crippen LogP contribution in [0.15, 0.2) is 47.8 Å². The summed E-state index contributed by atoms with van der Waals surface area (Å²) in [6.07, 6.45) is 0.952. The van der Waals surface area contributed by atoms with Gasteiger partial charge in [-0.2, -0.15) is 0 Å². The number of hydrogen-bond donors (Lipinski definition) is 1. The van der Waals surface area contributed by atoms with Crippen LogP contribution in [0.5, 0.6) is 0 Å². The van der Waals surface area contributed by atoms with Gasteiger partial charge in [-0.1, -0.05) is 24.0 Å². The minimum absolute atomic E-state index is 0.301. The maximum Gasteiger partial charge on any atom is 0.409 e. The van der Waals surface area contributed by atoms with Crippen LogP contribution in [-0.4, -0.2) is 48.8 Å². The number of carbonyl (C=O) groups excluding carboxylic acids is 2. The predicted molar refractivity (Wildman–Crippen MR) is 104 cm³/mol. The molecule has 2 rings (SSSR count). The van der Waals surface area contributed by atoms with Crippen LogP contribution >= 0.6 is 0 Å². The molecule has 0 heterocycles. The lowest BCUT2D eigenvalue weighted by molar-refractivity contribution is -0.560. The van der Waals surface area contributed by atoms with Crippen molar-refractivity contribution >= 4 is 12.1 Å². The molecule has 1 aliphatic rings. The van der Waals surface area contributed by atoms with Crippen molar-refractivity contribution in [1.29, 1.82) is 0 Å². The van der Waals surface area contributed by atoms with E-state index in [1.807, 2.05) is 0 Å². The molecule has 2 N–H and O–H groups in total. The van der Waals surface area contributed by atoms with E-state index in [-0.39, 0.29) is 5.57 Å². The van der Waals surface area contributed by atoms with Crippen molar-refractivity contribution in [2.75, 3.05) is 21.3 Å². The fourth-order valence-electron chi connectivity index (χ4n) is 2.82. The standard InChI is InChI=1S/C20H20FN3O6/c1-23(19(26)30-3)12-14-6-4-13(5-7-14)8-9-17-16(18(25)29-2)10-15(21)11-20(17,22)24(27)28/h4-7,10-11,17H,12,22H2,1-3H3. The summed E-state index contributed by atoms with van der Waals surface area (Å²) in [5, 5.41) is 11.5. The summed E-state index contributed by atoms with van der Waals surface area (Å²) in [5.74, 6) is 1.91. The molecular weight excluding hydrogens is 397 g/mol. The van der Waals surface area contributed by atoms with Gasteiger partial charge in [-0.3, -0.25) is 15.8 Å². The number of methoxy groups -OCH3 is 2. The third-order valence-corrected chi connectivity index (χ3v) is 4.39. The van der Waals surface area contributed by atoms with Gasteiger partial charge in [-0.05, 0) is 23.8 Å². The largest absolute Gasteiger partial charge is 0.466 e. The summed E-state index contributed by atoms with van der Waals surface area (Å²) in [7, 11) is 3.93. The van der Waals surface area contributed by atoms with Crippen molar-refractivity contribution in [3.63, 3.8) is 0 Å². The number of nitro groups is 1. The lowest BCUT2D eigenvalue weighted by Gasteiger charge is -2.27.